The molecule has 0 spiro atoms. The smallest absolute Gasteiger partial charge is 0.307 e. The van der Waals surface area contributed by atoms with Crippen LogP contribution in [0.2, 0.25) is 4.34 Å². The zero-order chi connectivity index (χ0) is 19.2. The van der Waals surface area contributed by atoms with Gasteiger partial charge in [-0.25, -0.2) is 4.98 Å². The van der Waals surface area contributed by atoms with E-state index in [2.05, 4.69) is 4.98 Å². The predicted molar refractivity (Wildman–Crippen MR) is 108 cm³/mol. The molecule has 0 bridgehead atoms. The van der Waals surface area contributed by atoms with E-state index in [4.69, 9.17) is 16.3 Å². The standard InChI is InChI=1S/C19H17ClN2O3S2/c1-25-17(23)9-10-22(11-13-5-3-2-4-6-13)19(24)14-12-26-18(21-14)15-7-8-16(20)27-15/h2-8,12H,9-11H2,1H3. The highest BCUT2D eigenvalue weighted by Crippen LogP contribution is 2.33. The molecule has 0 unspecified atom stereocenters. The van der Waals surface area contributed by atoms with E-state index in [1.165, 1.54) is 29.8 Å². The maximum atomic E-state index is 13.0. The van der Waals surface area contributed by atoms with Crippen LogP contribution in [-0.2, 0) is 16.1 Å². The zero-order valence-electron chi connectivity index (χ0n) is 14.6. The van der Waals surface area contributed by atoms with E-state index in [0.29, 0.717) is 16.6 Å². The summed E-state index contributed by atoms with van der Waals surface area (Å²) in [5.41, 5.74) is 1.34. The van der Waals surface area contributed by atoms with Crippen LogP contribution in [0.3, 0.4) is 0 Å². The third kappa shape index (κ3) is 5.15. The summed E-state index contributed by atoms with van der Waals surface area (Å²) in [4.78, 5) is 31.5. The summed E-state index contributed by atoms with van der Waals surface area (Å²) in [6.45, 7) is 0.659. The van der Waals surface area contributed by atoms with Gasteiger partial charge in [0.05, 0.1) is 22.7 Å². The number of carbonyl (C=O) groups is 2. The van der Waals surface area contributed by atoms with Crippen molar-refractivity contribution in [3.8, 4) is 9.88 Å². The van der Waals surface area contributed by atoms with Crippen molar-refractivity contribution in [1.82, 2.24) is 9.88 Å². The molecule has 8 heteroatoms. The molecular weight excluding hydrogens is 404 g/mol. The minimum absolute atomic E-state index is 0.132. The van der Waals surface area contributed by atoms with Crippen LogP contribution in [0.15, 0.2) is 47.8 Å². The summed E-state index contributed by atoms with van der Waals surface area (Å²) < 4.78 is 5.38. The van der Waals surface area contributed by atoms with Gasteiger partial charge in [-0.3, -0.25) is 9.59 Å². The molecule has 0 fully saturated rings. The molecule has 0 saturated carbocycles. The molecule has 27 heavy (non-hydrogen) atoms. The van der Waals surface area contributed by atoms with Gasteiger partial charge < -0.3 is 9.64 Å². The molecular formula is C19H17ClN2O3S2. The van der Waals surface area contributed by atoms with Crippen LogP contribution in [0.4, 0.5) is 0 Å². The summed E-state index contributed by atoms with van der Waals surface area (Å²) in [5.74, 6) is -0.569. The molecule has 0 aliphatic heterocycles. The molecule has 2 aromatic heterocycles. The van der Waals surface area contributed by atoms with Gasteiger partial charge in [0, 0.05) is 18.5 Å². The quantitative estimate of drug-likeness (QED) is 0.518. The van der Waals surface area contributed by atoms with Gasteiger partial charge in [-0.2, -0.15) is 0 Å². The lowest BCUT2D eigenvalue weighted by atomic mass is 10.2. The molecule has 1 aromatic carbocycles. The number of carbonyl (C=O) groups excluding carboxylic acids is 2. The number of halogens is 1. The van der Waals surface area contributed by atoms with Gasteiger partial charge in [0.2, 0.25) is 0 Å². The van der Waals surface area contributed by atoms with Crippen molar-refractivity contribution < 1.29 is 14.3 Å². The lowest BCUT2D eigenvalue weighted by molar-refractivity contribution is -0.140. The molecule has 0 aliphatic rings. The van der Waals surface area contributed by atoms with Crippen molar-refractivity contribution >= 4 is 46.2 Å². The van der Waals surface area contributed by atoms with Gasteiger partial charge in [0.1, 0.15) is 10.7 Å². The number of methoxy groups -OCH3 is 1. The van der Waals surface area contributed by atoms with Gasteiger partial charge in [-0.05, 0) is 17.7 Å². The second-order valence-corrected chi connectivity index (χ2v) is 8.25. The molecule has 140 valence electrons. The van der Waals surface area contributed by atoms with E-state index in [9.17, 15) is 9.59 Å². The number of hydrogen-bond donors (Lipinski definition) is 0. The first-order valence-electron chi connectivity index (χ1n) is 8.18. The van der Waals surface area contributed by atoms with Crippen molar-refractivity contribution in [3.05, 3.63) is 63.4 Å². The van der Waals surface area contributed by atoms with Crippen LogP contribution in [0.25, 0.3) is 9.88 Å². The first-order chi connectivity index (χ1) is 13.1. The summed E-state index contributed by atoms with van der Waals surface area (Å²) in [6.07, 6.45) is 0.132. The van der Waals surface area contributed by atoms with Crippen LogP contribution >= 0.6 is 34.3 Å². The lowest BCUT2D eigenvalue weighted by Crippen LogP contribution is -2.33. The number of aromatic nitrogens is 1. The number of esters is 1. The molecule has 0 aliphatic carbocycles. The summed E-state index contributed by atoms with van der Waals surface area (Å²) in [5, 5.41) is 2.49. The Morgan fingerprint density at radius 3 is 2.63 bits per heavy atom. The molecule has 3 rings (SSSR count). The zero-order valence-corrected chi connectivity index (χ0v) is 16.9. The maximum Gasteiger partial charge on any atom is 0.307 e. The monoisotopic (exact) mass is 420 g/mol. The van der Waals surface area contributed by atoms with Crippen molar-refractivity contribution in [2.75, 3.05) is 13.7 Å². The molecule has 0 saturated heterocycles. The normalized spacial score (nSPS) is 10.6. The Hall–Kier alpha value is -2.22. The van der Waals surface area contributed by atoms with Crippen molar-refractivity contribution in [2.24, 2.45) is 0 Å². The average Bonchev–Trinajstić information content (AvgIpc) is 3.34. The summed E-state index contributed by atoms with van der Waals surface area (Å²) >= 11 is 8.80. The van der Waals surface area contributed by atoms with Gasteiger partial charge in [-0.1, -0.05) is 41.9 Å². The summed E-state index contributed by atoms with van der Waals surface area (Å²) in [6, 6.07) is 13.3. The number of nitrogens with zero attached hydrogens (tertiary/aromatic N) is 2. The van der Waals surface area contributed by atoms with Gasteiger partial charge >= 0.3 is 5.97 Å². The van der Waals surface area contributed by atoms with Crippen LogP contribution in [-0.4, -0.2) is 35.4 Å². The van der Waals surface area contributed by atoms with E-state index in [1.807, 2.05) is 42.5 Å². The van der Waals surface area contributed by atoms with Crippen molar-refractivity contribution in [2.45, 2.75) is 13.0 Å². The molecule has 3 aromatic rings. The Morgan fingerprint density at radius 2 is 1.96 bits per heavy atom. The number of hydrogen-bond acceptors (Lipinski definition) is 6. The van der Waals surface area contributed by atoms with Crippen molar-refractivity contribution in [3.63, 3.8) is 0 Å². The predicted octanol–water partition coefficient (Wildman–Crippen LogP) is 4.73. The Kier molecular flexibility index (Phi) is 6.60. The second-order valence-electron chi connectivity index (χ2n) is 5.68. The lowest BCUT2D eigenvalue weighted by Gasteiger charge is -2.21. The van der Waals surface area contributed by atoms with Crippen LogP contribution in [0.1, 0.15) is 22.5 Å². The third-order valence-corrected chi connectivity index (χ3v) is 6.07. The van der Waals surface area contributed by atoms with E-state index in [-0.39, 0.29) is 24.8 Å². The number of thiazole rings is 1. The number of thiophene rings is 1. The van der Waals surface area contributed by atoms with Crippen LogP contribution < -0.4 is 0 Å². The number of ether oxygens (including phenoxy) is 1. The molecule has 5 nitrogen and oxygen atoms in total. The second kappa shape index (κ2) is 9.12. The highest BCUT2D eigenvalue weighted by Gasteiger charge is 2.21. The number of benzene rings is 1. The fourth-order valence-electron chi connectivity index (χ4n) is 2.46. The van der Waals surface area contributed by atoms with Gasteiger partial charge in [0.25, 0.3) is 5.91 Å². The Morgan fingerprint density at radius 1 is 1.19 bits per heavy atom. The van der Waals surface area contributed by atoms with Crippen LogP contribution in [0, 0.1) is 0 Å². The SMILES string of the molecule is COC(=O)CCN(Cc1ccccc1)C(=O)c1csc(-c2ccc(Cl)s2)n1. The maximum absolute atomic E-state index is 13.0. The topological polar surface area (TPSA) is 59.5 Å². The first-order valence-corrected chi connectivity index (χ1v) is 10.3. The van der Waals surface area contributed by atoms with E-state index >= 15 is 0 Å². The Balaban J connectivity index is 1.79. The molecule has 0 radical (unpaired) electrons. The molecule has 1 amide bonds. The van der Waals surface area contributed by atoms with E-state index < -0.39 is 0 Å². The van der Waals surface area contributed by atoms with E-state index in [0.717, 1.165) is 15.4 Å². The fraction of sp³-hybridized carbons (Fsp3) is 0.211. The minimum atomic E-state index is -0.354. The molecule has 0 N–H and O–H groups in total. The minimum Gasteiger partial charge on any atom is -0.469 e. The van der Waals surface area contributed by atoms with Gasteiger partial charge in [0.15, 0.2) is 0 Å². The third-order valence-electron chi connectivity index (χ3n) is 3.82. The Bertz CT molecular complexity index is 924. The van der Waals surface area contributed by atoms with Crippen molar-refractivity contribution in [1.29, 1.82) is 0 Å². The molecule has 2 heterocycles. The fourth-order valence-corrected chi connectivity index (χ4v) is 4.37. The highest BCUT2D eigenvalue weighted by atomic mass is 35.5. The van der Waals surface area contributed by atoms with Gasteiger partial charge in [-0.15, -0.1) is 22.7 Å². The summed E-state index contributed by atoms with van der Waals surface area (Å²) in [7, 11) is 1.34. The largest absolute Gasteiger partial charge is 0.469 e. The number of amides is 1. The number of rotatable bonds is 7. The van der Waals surface area contributed by atoms with E-state index in [1.54, 1.807) is 10.3 Å². The highest BCUT2D eigenvalue weighted by molar-refractivity contribution is 7.23. The Labute approximate surface area is 170 Å². The molecule has 0 atom stereocenters. The first kappa shape index (κ1) is 19.5. The van der Waals surface area contributed by atoms with Crippen LogP contribution in [0.5, 0.6) is 0 Å². The average molecular weight is 421 g/mol.